The summed E-state index contributed by atoms with van der Waals surface area (Å²) in [6, 6.07) is 5.49. The van der Waals surface area contributed by atoms with E-state index in [9.17, 15) is 8.78 Å². The van der Waals surface area contributed by atoms with Gasteiger partial charge in [0.1, 0.15) is 17.4 Å². The summed E-state index contributed by atoms with van der Waals surface area (Å²) in [7, 11) is 0. The molecule has 0 saturated heterocycles. The lowest BCUT2D eigenvalue weighted by Crippen LogP contribution is -2.36. The minimum atomic E-state index is -1.43. The fourth-order valence-electron chi connectivity index (χ4n) is 2.38. The highest BCUT2D eigenvalue weighted by Crippen LogP contribution is 2.52. The van der Waals surface area contributed by atoms with Crippen molar-refractivity contribution in [2.24, 2.45) is 0 Å². The van der Waals surface area contributed by atoms with E-state index in [0.717, 1.165) is 0 Å². The highest BCUT2D eigenvalue weighted by molar-refractivity contribution is 6.16. The van der Waals surface area contributed by atoms with Gasteiger partial charge in [-0.1, -0.05) is 17.3 Å². The molecule has 0 N–H and O–H groups in total. The van der Waals surface area contributed by atoms with Gasteiger partial charge in [-0.2, -0.15) is 4.98 Å². The Balaban J connectivity index is 1.72. The molecule has 100 valence electrons. The van der Waals surface area contributed by atoms with Gasteiger partial charge in [0.25, 0.3) is 0 Å². The van der Waals surface area contributed by atoms with Crippen LogP contribution in [-0.4, -0.2) is 10.1 Å². The molecule has 1 fully saturated rings. The molecule has 0 bridgehead atoms. The number of nitrogens with zero attached hydrogens (tertiary/aromatic N) is 2. The largest absolute Gasteiger partial charge is 0.338 e. The Labute approximate surface area is 113 Å². The smallest absolute Gasteiger partial charge is 0.241 e. The maximum absolute atomic E-state index is 14.6. The Morgan fingerprint density at radius 2 is 2.00 bits per heavy atom. The molecular weight excluding hydrogens is 274 g/mol. The zero-order chi connectivity index (χ0) is 13.5. The third-order valence-electron chi connectivity index (χ3n) is 3.46. The van der Waals surface area contributed by atoms with Gasteiger partial charge in [-0.25, -0.2) is 8.78 Å². The van der Waals surface area contributed by atoms with Crippen LogP contribution < -0.4 is 0 Å². The zero-order valence-electron chi connectivity index (χ0n) is 9.94. The molecule has 0 aliphatic heterocycles. The van der Waals surface area contributed by atoms with Gasteiger partial charge in [-0.3, -0.25) is 0 Å². The van der Waals surface area contributed by atoms with E-state index in [0.29, 0.717) is 17.3 Å². The minimum Gasteiger partial charge on any atom is -0.338 e. The van der Waals surface area contributed by atoms with Crippen LogP contribution in [0.1, 0.15) is 36.0 Å². The van der Waals surface area contributed by atoms with Gasteiger partial charge < -0.3 is 4.52 Å². The first-order chi connectivity index (χ1) is 9.10. The number of benzene rings is 1. The molecule has 6 heteroatoms. The lowest BCUT2D eigenvalue weighted by Gasteiger charge is -2.40. The van der Waals surface area contributed by atoms with Gasteiger partial charge in [0.15, 0.2) is 5.82 Å². The SMILES string of the molecule is Fc1ccc(C2(F)CC(c3noc(CCl)n3)C2)cc1. The van der Waals surface area contributed by atoms with Gasteiger partial charge in [0, 0.05) is 5.92 Å². The summed E-state index contributed by atoms with van der Waals surface area (Å²) >= 11 is 5.57. The van der Waals surface area contributed by atoms with Crippen LogP contribution in [0.5, 0.6) is 0 Å². The monoisotopic (exact) mass is 284 g/mol. The average Bonchev–Trinajstić information content (AvgIpc) is 2.84. The molecule has 0 atom stereocenters. The second-order valence-corrected chi connectivity index (χ2v) is 5.02. The van der Waals surface area contributed by atoms with E-state index in [1.165, 1.54) is 24.3 Å². The van der Waals surface area contributed by atoms with Crippen LogP contribution in [0.4, 0.5) is 8.78 Å². The van der Waals surface area contributed by atoms with Crippen LogP contribution in [0.15, 0.2) is 28.8 Å². The predicted octanol–water partition coefficient (Wildman–Crippen LogP) is 3.69. The van der Waals surface area contributed by atoms with Crippen molar-refractivity contribution in [2.75, 3.05) is 0 Å². The molecule has 1 aromatic heterocycles. The van der Waals surface area contributed by atoms with Crippen molar-refractivity contribution >= 4 is 11.6 Å². The Kier molecular flexibility index (Phi) is 3.01. The number of halogens is 3. The predicted molar refractivity (Wildman–Crippen MR) is 65.0 cm³/mol. The van der Waals surface area contributed by atoms with Crippen LogP contribution in [0.2, 0.25) is 0 Å². The van der Waals surface area contributed by atoms with Crippen LogP contribution >= 0.6 is 11.6 Å². The second-order valence-electron chi connectivity index (χ2n) is 4.76. The molecule has 19 heavy (non-hydrogen) atoms. The van der Waals surface area contributed by atoms with Gasteiger partial charge in [-0.15, -0.1) is 11.6 Å². The number of aromatic nitrogens is 2. The number of hydrogen-bond donors (Lipinski definition) is 0. The van der Waals surface area contributed by atoms with Crippen LogP contribution in [0, 0.1) is 5.82 Å². The first kappa shape index (κ1) is 12.5. The van der Waals surface area contributed by atoms with Crippen molar-refractivity contribution in [3.63, 3.8) is 0 Å². The van der Waals surface area contributed by atoms with E-state index in [1.807, 2.05) is 0 Å². The summed E-state index contributed by atoms with van der Waals surface area (Å²) in [5.74, 6) is 0.545. The molecule has 2 aromatic rings. The van der Waals surface area contributed by atoms with E-state index >= 15 is 0 Å². The molecule has 0 radical (unpaired) electrons. The average molecular weight is 285 g/mol. The maximum Gasteiger partial charge on any atom is 0.241 e. The summed E-state index contributed by atoms with van der Waals surface area (Å²) in [5, 5.41) is 3.79. The number of rotatable bonds is 3. The van der Waals surface area contributed by atoms with E-state index < -0.39 is 5.67 Å². The Bertz CT molecular complexity index is 579. The van der Waals surface area contributed by atoms with Crippen molar-refractivity contribution in [2.45, 2.75) is 30.3 Å². The zero-order valence-corrected chi connectivity index (χ0v) is 10.7. The standard InChI is InChI=1S/C13H11ClF2N2O/c14-7-11-17-12(18-19-11)8-5-13(16,6-8)9-1-3-10(15)4-2-9/h1-4,8H,5-7H2. The quantitative estimate of drug-likeness (QED) is 0.807. The Morgan fingerprint density at radius 3 is 2.58 bits per heavy atom. The molecule has 3 nitrogen and oxygen atoms in total. The molecule has 1 aliphatic rings. The molecule has 1 aliphatic carbocycles. The summed E-state index contributed by atoms with van der Waals surface area (Å²) in [6.45, 7) is 0. The molecular formula is C13H11ClF2N2O. The molecule has 3 rings (SSSR count). The summed E-state index contributed by atoms with van der Waals surface area (Å²) in [5.41, 5.74) is -0.939. The summed E-state index contributed by atoms with van der Waals surface area (Å²) in [6.07, 6.45) is 0.555. The summed E-state index contributed by atoms with van der Waals surface area (Å²) < 4.78 is 32.3. The van der Waals surface area contributed by atoms with E-state index in [2.05, 4.69) is 10.1 Å². The van der Waals surface area contributed by atoms with Gasteiger partial charge >= 0.3 is 0 Å². The molecule has 0 unspecified atom stereocenters. The van der Waals surface area contributed by atoms with Crippen LogP contribution in [0.3, 0.4) is 0 Å². The van der Waals surface area contributed by atoms with Gasteiger partial charge in [-0.05, 0) is 30.5 Å². The van der Waals surface area contributed by atoms with Crippen molar-refractivity contribution in [3.8, 4) is 0 Å². The lowest BCUT2D eigenvalue weighted by atomic mass is 9.68. The number of hydrogen-bond acceptors (Lipinski definition) is 3. The van der Waals surface area contributed by atoms with E-state index in [1.54, 1.807) is 0 Å². The molecule has 1 heterocycles. The first-order valence-electron chi connectivity index (χ1n) is 5.94. The van der Waals surface area contributed by atoms with E-state index in [-0.39, 0.29) is 30.5 Å². The first-order valence-corrected chi connectivity index (χ1v) is 6.47. The van der Waals surface area contributed by atoms with Crippen molar-refractivity contribution in [1.82, 2.24) is 10.1 Å². The third kappa shape index (κ3) is 2.23. The Hall–Kier alpha value is -1.49. The van der Waals surface area contributed by atoms with Crippen LogP contribution in [0.25, 0.3) is 0 Å². The Morgan fingerprint density at radius 1 is 1.32 bits per heavy atom. The summed E-state index contributed by atoms with van der Waals surface area (Å²) in [4.78, 5) is 4.09. The fourth-order valence-corrected chi connectivity index (χ4v) is 2.48. The minimum absolute atomic E-state index is 0.0734. The van der Waals surface area contributed by atoms with Crippen molar-refractivity contribution < 1.29 is 13.3 Å². The third-order valence-corrected chi connectivity index (χ3v) is 3.69. The fraction of sp³-hybridized carbons (Fsp3) is 0.385. The second kappa shape index (κ2) is 4.56. The molecule has 1 saturated carbocycles. The highest BCUT2D eigenvalue weighted by Gasteiger charge is 2.48. The maximum atomic E-state index is 14.6. The molecule has 1 aromatic carbocycles. The van der Waals surface area contributed by atoms with E-state index in [4.69, 9.17) is 16.1 Å². The van der Waals surface area contributed by atoms with Crippen LogP contribution in [-0.2, 0) is 11.5 Å². The molecule has 0 spiro atoms. The lowest BCUT2D eigenvalue weighted by molar-refractivity contribution is 0.0335. The number of alkyl halides is 2. The van der Waals surface area contributed by atoms with Crippen molar-refractivity contribution in [3.05, 3.63) is 47.4 Å². The topological polar surface area (TPSA) is 38.9 Å². The normalized spacial score (nSPS) is 26.2. The molecule has 0 amide bonds. The van der Waals surface area contributed by atoms with Gasteiger partial charge in [0.2, 0.25) is 5.89 Å². The van der Waals surface area contributed by atoms with Crippen molar-refractivity contribution in [1.29, 1.82) is 0 Å². The van der Waals surface area contributed by atoms with Gasteiger partial charge in [0.05, 0.1) is 0 Å². The highest BCUT2D eigenvalue weighted by atomic mass is 35.5.